The fourth-order valence-corrected chi connectivity index (χ4v) is 3.18. The van der Waals surface area contributed by atoms with E-state index in [9.17, 15) is 14.4 Å². The third-order valence-corrected chi connectivity index (χ3v) is 4.80. The number of methoxy groups -OCH3 is 1. The molecule has 0 aliphatic carbocycles. The first-order valence-corrected chi connectivity index (χ1v) is 9.34. The van der Waals surface area contributed by atoms with Crippen LogP contribution in [0.15, 0.2) is 18.2 Å². The summed E-state index contributed by atoms with van der Waals surface area (Å²) in [7, 11) is 1.63. The monoisotopic (exact) mass is 375 g/mol. The second kappa shape index (κ2) is 9.94. The molecule has 1 fully saturated rings. The minimum absolute atomic E-state index is 0.0336. The van der Waals surface area contributed by atoms with Gasteiger partial charge in [0.2, 0.25) is 17.7 Å². The van der Waals surface area contributed by atoms with Crippen LogP contribution in [0.5, 0.6) is 5.75 Å². The van der Waals surface area contributed by atoms with Gasteiger partial charge in [-0.05, 0) is 25.0 Å². The molecule has 0 bridgehead atoms. The Bertz CT molecular complexity index is 682. The van der Waals surface area contributed by atoms with E-state index in [1.807, 2.05) is 19.1 Å². The number of hydrogen-bond donors (Lipinski definition) is 1. The van der Waals surface area contributed by atoms with E-state index in [1.54, 1.807) is 16.9 Å². The van der Waals surface area contributed by atoms with Gasteiger partial charge in [0.05, 0.1) is 7.11 Å². The van der Waals surface area contributed by atoms with Crippen molar-refractivity contribution in [2.45, 2.75) is 33.1 Å². The summed E-state index contributed by atoms with van der Waals surface area (Å²) in [5.41, 5.74) is 2.20. The zero-order valence-corrected chi connectivity index (χ0v) is 16.4. The van der Waals surface area contributed by atoms with Gasteiger partial charge in [-0.15, -0.1) is 0 Å². The molecule has 0 atom stereocenters. The fraction of sp³-hybridized carbons (Fsp3) is 0.550. The first kappa shape index (κ1) is 20.7. The fourth-order valence-electron chi connectivity index (χ4n) is 3.18. The third-order valence-electron chi connectivity index (χ3n) is 4.80. The normalized spacial score (nSPS) is 14.0. The molecule has 0 spiro atoms. The van der Waals surface area contributed by atoms with E-state index in [1.165, 1.54) is 6.92 Å². The lowest BCUT2D eigenvalue weighted by atomic mass is 10.1. The number of benzene rings is 1. The average molecular weight is 375 g/mol. The van der Waals surface area contributed by atoms with Gasteiger partial charge in [-0.25, -0.2) is 0 Å². The summed E-state index contributed by atoms with van der Waals surface area (Å²) >= 11 is 0. The van der Waals surface area contributed by atoms with Crippen molar-refractivity contribution in [1.29, 1.82) is 0 Å². The van der Waals surface area contributed by atoms with Crippen molar-refractivity contribution in [3.63, 3.8) is 0 Å². The van der Waals surface area contributed by atoms with Crippen LogP contribution >= 0.6 is 0 Å². The number of ether oxygens (including phenoxy) is 1. The molecule has 1 aromatic carbocycles. The molecule has 1 aliphatic rings. The van der Waals surface area contributed by atoms with Gasteiger partial charge in [0, 0.05) is 52.5 Å². The summed E-state index contributed by atoms with van der Waals surface area (Å²) in [6.45, 7) is 6.25. The molecule has 7 heteroatoms. The van der Waals surface area contributed by atoms with Crippen LogP contribution in [0, 0.1) is 6.92 Å². The van der Waals surface area contributed by atoms with Crippen LogP contribution in [0.1, 0.15) is 30.9 Å². The third kappa shape index (κ3) is 6.27. The van der Waals surface area contributed by atoms with Crippen LogP contribution in [-0.2, 0) is 20.8 Å². The summed E-state index contributed by atoms with van der Waals surface area (Å²) < 4.78 is 5.34. The first-order valence-electron chi connectivity index (χ1n) is 9.34. The summed E-state index contributed by atoms with van der Waals surface area (Å²) in [6.07, 6.45) is 1.05. The second-order valence-corrected chi connectivity index (χ2v) is 6.80. The predicted molar refractivity (Wildman–Crippen MR) is 103 cm³/mol. The first-order chi connectivity index (χ1) is 12.9. The Morgan fingerprint density at radius 2 is 1.74 bits per heavy atom. The van der Waals surface area contributed by atoms with E-state index in [0.717, 1.165) is 16.9 Å². The molecular weight excluding hydrogens is 346 g/mol. The number of carbonyl (C=O) groups excluding carboxylic acids is 3. The van der Waals surface area contributed by atoms with Gasteiger partial charge in [0.25, 0.3) is 0 Å². The number of nitrogens with one attached hydrogen (secondary N) is 1. The van der Waals surface area contributed by atoms with Crippen molar-refractivity contribution in [2.75, 3.05) is 39.8 Å². The Morgan fingerprint density at radius 3 is 2.37 bits per heavy atom. The summed E-state index contributed by atoms with van der Waals surface area (Å²) in [5.74, 6) is 0.687. The predicted octanol–water partition coefficient (Wildman–Crippen LogP) is 1.13. The zero-order chi connectivity index (χ0) is 19.8. The number of amides is 3. The van der Waals surface area contributed by atoms with Gasteiger partial charge in [-0.1, -0.05) is 17.7 Å². The van der Waals surface area contributed by atoms with Crippen molar-refractivity contribution in [2.24, 2.45) is 0 Å². The lowest BCUT2D eigenvalue weighted by Crippen LogP contribution is -2.50. The number of aryl methyl sites for hydroxylation is 1. The zero-order valence-electron chi connectivity index (χ0n) is 16.4. The quantitative estimate of drug-likeness (QED) is 0.775. The maximum atomic E-state index is 12.2. The van der Waals surface area contributed by atoms with E-state index >= 15 is 0 Å². The van der Waals surface area contributed by atoms with Gasteiger partial charge in [-0.3, -0.25) is 14.4 Å². The van der Waals surface area contributed by atoms with Crippen molar-refractivity contribution < 1.29 is 19.1 Å². The average Bonchev–Trinajstić information content (AvgIpc) is 2.66. The molecule has 7 nitrogen and oxygen atoms in total. The van der Waals surface area contributed by atoms with Gasteiger partial charge >= 0.3 is 0 Å². The Balaban J connectivity index is 1.68. The number of piperazine rings is 1. The molecule has 0 unspecified atom stereocenters. The van der Waals surface area contributed by atoms with Crippen LogP contribution in [0.25, 0.3) is 0 Å². The lowest BCUT2D eigenvalue weighted by Gasteiger charge is -2.34. The van der Waals surface area contributed by atoms with Crippen molar-refractivity contribution in [3.8, 4) is 5.75 Å². The van der Waals surface area contributed by atoms with Gasteiger partial charge in [0.15, 0.2) is 0 Å². The molecule has 1 saturated heterocycles. The highest BCUT2D eigenvalue weighted by Gasteiger charge is 2.22. The van der Waals surface area contributed by atoms with Crippen LogP contribution < -0.4 is 10.1 Å². The highest BCUT2D eigenvalue weighted by atomic mass is 16.5. The maximum Gasteiger partial charge on any atom is 0.223 e. The molecule has 0 aromatic heterocycles. The SMILES string of the molecule is COc1ccc(C)cc1CCNC(=O)CCC(=O)N1CCN(C(C)=O)CC1. The second-order valence-electron chi connectivity index (χ2n) is 6.80. The Hall–Kier alpha value is -2.57. The highest BCUT2D eigenvalue weighted by Crippen LogP contribution is 2.19. The lowest BCUT2D eigenvalue weighted by molar-refractivity contribution is -0.139. The Labute approximate surface area is 160 Å². The van der Waals surface area contributed by atoms with Crippen molar-refractivity contribution >= 4 is 17.7 Å². The highest BCUT2D eigenvalue weighted by molar-refractivity contribution is 5.84. The molecule has 1 aliphatic heterocycles. The van der Waals surface area contributed by atoms with Gasteiger partial charge < -0.3 is 19.9 Å². The van der Waals surface area contributed by atoms with Crippen LogP contribution in [-0.4, -0.2) is 67.4 Å². The molecule has 3 amide bonds. The molecule has 1 heterocycles. The number of nitrogens with zero attached hydrogens (tertiary/aromatic N) is 2. The largest absolute Gasteiger partial charge is 0.496 e. The number of hydrogen-bond acceptors (Lipinski definition) is 4. The standard InChI is InChI=1S/C20H29N3O4/c1-15-4-5-18(27-3)17(14-15)8-9-21-19(25)6-7-20(26)23-12-10-22(11-13-23)16(2)24/h4-5,14H,6-13H2,1-3H3,(H,21,25). The minimum Gasteiger partial charge on any atom is -0.496 e. The molecule has 0 saturated carbocycles. The molecule has 27 heavy (non-hydrogen) atoms. The molecule has 1 N–H and O–H groups in total. The Kier molecular flexibility index (Phi) is 7.64. The van der Waals surface area contributed by atoms with Crippen LogP contribution in [0.2, 0.25) is 0 Å². The Morgan fingerprint density at radius 1 is 1.07 bits per heavy atom. The van der Waals surface area contributed by atoms with Gasteiger partial charge in [-0.2, -0.15) is 0 Å². The molecular formula is C20H29N3O4. The van der Waals surface area contributed by atoms with E-state index in [2.05, 4.69) is 11.4 Å². The van der Waals surface area contributed by atoms with Crippen molar-refractivity contribution in [1.82, 2.24) is 15.1 Å². The molecule has 2 rings (SSSR count). The van der Waals surface area contributed by atoms with Crippen LogP contribution in [0.3, 0.4) is 0 Å². The smallest absolute Gasteiger partial charge is 0.223 e. The van der Waals surface area contributed by atoms with E-state index in [4.69, 9.17) is 4.74 Å². The van der Waals surface area contributed by atoms with Crippen molar-refractivity contribution in [3.05, 3.63) is 29.3 Å². The minimum atomic E-state index is -0.127. The van der Waals surface area contributed by atoms with Crippen LogP contribution in [0.4, 0.5) is 0 Å². The van der Waals surface area contributed by atoms with E-state index in [-0.39, 0.29) is 30.6 Å². The molecule has 1 aromatic rings. The van der Waals surface area contributed by atoms with E-state index < -0.39 is 0 Å². The summed E-state index contributed by atoms with van der Waals surface area (Å²) in [5, 5.41) is 2.86. The number of carbonyl (C=O) groups is 3. The summed E-state index contributed by atoms with van der Waals surface area (Å²) in [6, 6.07) is 5.97. The van der Waals surface area contributed by atoms with Gasteiger partial charge in [0.1, 0.15) is 5.75 Å². The molecule has 148 valence electrons. The summed E-state index contributed by atoms with van der Waals surface area (Å²) in [4.78, 5) is 39.0. The molecule has 0 radical (unpaired) electrons. The topological polar surface area (TPSA) is 79.0 Å². The number of rotatable bonds is 7. The van der Waals surface area contributed by atoms with E-state index in [0.29, 0.717) is 39.1 Å². The maximum absolute atomic E-state index is 12.2.